The lowest BCUT2D eigenvalue weighted by Gasteiger charge is -2.28. The monoisotopic (exact) mass is 498 g/mol. The second-order valence-corrected chi connectivity index (χ2v) is 8.84. The Hall–Kier alpha value is -3.93. The van der Waals surface area contributed by atoms with Crippen molar-refractivity contribution in [3.8, 4) is 11.4 Å². The van der Waals surface area contributed by atoms with E-state index in [1.807, 2.05) is 12.1 Å². The molecule has 2 aliphatic rings. The van der Waals surface area contributed by atoms with Crippen molar-refractivity contribution in [3.05, 3.63) is 59.4 Å². The van der Waals surface area contributed by atoms with Gasteiger partial charge in [-0.25, -0.2) is 18.2 Å². The smallest absolute Gasteiger partial charge is 0.274 e. The largest absolute Gasteiger partial charge is 0.378 e. The summed E-state index contributed by atoms with van der Waals surface area (Å²) < 4.78 is 55.5. The minimum absolute atomic E-state index is 0.0330. The van der Waals surface area contributed by atoms with Gasteiger partial charge >= 0.3 is 0 Å². The van der Waals surface area contributed by atoms with Crippen LogP contribution in [0.3, 0.4) is 0 Å². The average Bonchev–Trinajstić information content (AvgIpc) is 3.26. The van der Waals surface area contributed by atoms with Gasteiger partial charge in [-0.1, -0.05) is 5.16 Å². The van der Waals surface area contributed by atoms with Gasteiger partial charge in [-0.2, -0.15) is 4.98 Å². The first-order chi connectivity index (χ1) is 17.4. The predicted octanol–water partition coefficient (Wildman–Crippen LogP) is 3.89. The van der Waals surface area contributed by atoms with Crippen LogP contribution in [0.1, 0.15) is 34.3 Å². The molecule has 1 aliphatic heterocycles. The highest BCUT2D eigenvalue weighted by Gasteiger charge is 2.43. The number of nitrogens with one attached hydrogen (secondary N) is 1. The summed E-state index contributed by atoms with van der Waals surface area (Å²) in [7, 11) is 0. The number of rotatable bonds is 5. The second-order valence-electron chi connectivity index (χ2n) is 8.84. The highest BCUT2D eigenvalue weighted by atomic mass is 19.1. The summed E-state index contributed by atoms with van der Waals surface area (Å²) in [6.07, 6.45) is 2.25. The van der Waals surface area contributed by atoms with Crippen LogP contribution in [0.4, 0.5) is 24.5 Å². The zero-order chi connectivity index (χ0) is 25.0. The Morgan fingerprint density at radius 1 is 1.22 bits per heavy atom. The number of hydrogen-bond donors (Lipinski definition) is 1. The normalized spacial score (nSPS) is 19.6. The highest BCUT2D eigenvalue weighted by molar-refractivity contribution is 6.04. The summed E-state index contributed by atoms with van der Waals surface area (Å²) >= 11 is 0. The number of carbonyl (C=O) groups is 1. The number of anilines is 2. The van der Waals surface area contributed by atoms with Crippen molar-refractivity contribution in [1.29, 1.82) is 0 Å². The van der Waals surface area contributed by atoms with E-state index < -0.39 is 29.6 Å². The third kappa shape index (κ3) is 3.87. The Balaban J connectivity index is 1.29. The molecule has 6 rings (SSSR count). The molecular formula is C24H21F3N6O3. The molecule has 2 atom stereocenters. The number of morpholine rings is 1. The molecule has 1 aliphatic carbocycles. The van der Waals surface area contributed by atoms with E-state index in [1.165, 1.54) is 13.1 Å². The first-order valence-corrected chi connectivity index (χ1v) is 11.5. The van der Waals surface area contributed by atoms with Crippen molar-refractivity contribution >= 4 is 22.9 Å². The van der Waals surface area contributed by atoms with Crippen molar-refractivity contribution in [2.24, 2.45) is 0 Å². The van der Waals surface area contributed by atoms with Gasteiger partial charge in [0.2, 0.25) is 11.7 Å². The number of aromatic nitrogens is 4. The van der Waals surface area contributed by atoms with Crippen LogP contribution in [-0.4, -0.2) is 57.9 Å². The SMILES string of the molecule is Cc1c(F)cc(-c2noc([C@@H]3C[C@H]3F)n2)c(F)c1NC(=O)c1cnc2cc(N3CCOCC3)ccn12. The summed E-state index contributed by atoms with van der Waals surface area (Å²) in [4.78, 5) is 23.6. The molecule has 1 N–H and O–H groups in total. The van der Waals surface area contributed by atoms with Gasteiger partial charge in [0.15, 0.2) is 5.82 Å². The van der Waals surface area contributed by atoms with E-state index in [0.717, 1.165) is 24.8 Å². The van der Waals surface area contributed by atoms with E-state index in [9.17, 15) is 13.6 Å². The van der Waals surface area contributed by atoms with Crippen LogP contribution in [-0.2, 0) is 4.74 Å². The highest BCUT2D eigenvalue weighted by Crippen LogP contribution is 2.43. The van der Waals surface area contributed by atoms with Gasteiger partial charge in [-0.05, 0) is 25.5 Å². The molecule has 186 valence electrons. The molecule has 1 saturated heterocycles. The first kappa shape index (κ1) is 22.5. The van der Waals surface area contributed by atoms with Crippen LogP contribution in [0.25, 0.3) is 17.0 Å². The van der Waals surface area contributed by atoms with Gasteiger partial charge in [0, 0.05) is 36.6 Å². The first-order valence-electron chi connectivity index (χ1n) is 11.5. The van der Waals surface area contributed by atoms with E-state index in [0.29, 0.717) is 18.9 Å². The van der Waals surface area contributed by atoms with E-state index >= 15 is 4.39 Å². The molecule has 12 heteroatoms. The number of ether oxygens (including phenoxy) is 1. The molecule has 4 aromatic rings. The quantitative estimate of drug-likeness (QED) is 0.446. The van der Waals surface area contributed by atoms with Crippen molar-refractivity contribution in [2.75, 3.05) is 36.5 Å². The molecule has 1 amide bonds. The number of hydrogen-bond acceptors (Lipinski definition) is 7. The maximum absolute atomic E-state index is 15.5. The Morgan fingerprint density at radius 3 is 2.75 bits per heavy atom. The lowest BCUT2D eigenvalue weighted by atomic mass is 10.1. The van der Waals surface area contributed by atoms with E-state index in [1.54, 1.807) is 10.6 Å². The second kappa shape index (κ2) is 8.63. The number of nitrogens with zero attached hydrogens (tertiary/aromatic N) is 5. The van der Waals surface area contributed by atoms with Crippen molar-refractivity contribution in [1.82, 2.24) is 19.5 Å². The molecular weight excluding hydrogens is 477 g/mol. The molecule has 1 aromatic carbocycles. The van der Waals surface area contributed by atoms with Gasteiger partial charge in [-0.15, -0.1) is 0 Å². The van der Waals surface area contributed by atoms with Crippen molar-refractivity contribution < 1.29 is 27.2 Å². The van der Waals surface area contributed by atoms with Gasteiger partial charge in [0.25, 0.3) is 5.91 Å². The Labute approximate surface area is 202 Å². The number of amides is 1. The van der Waals surface area contributed by atoms with E-state index in [-0.39, 0.29) is 40.6 Å². The number of fused-ring (bicyclic) bond motifs is 1. The average molecular weight is 498 g/mol. The summed E-state index contributed by atoms with van der Waals surface area (Å²) in [5.41, 5.74) is 0.885. The molecule has 2 fully saturated rings. The standard InChI is InChI=1S/C24H21F3N6O3/c1-12-16(25)10-15(22-30-24(36-31-22)14-9-17(14)26)20(27)21(12)29-23(34)18-11-28-19-8-13(2-3-33(18)19)32-4-6-35-7-5-32/h2-3,8,10-11,14,17H,4-7,9H2,1H3,(H,29,34)/t14-,17-/m1/s1. The predicted molar refractivity (Wildman–Crippen MR) is 123 cm³/mol. The summed E-state index contributed by atoms with van der Waals surface area (Å²) in [6.45, 7) is 4.12. The molecule has 0 spiro atoms. The van der Waals surface area contributed by atoms with Crippen LogP contribution in [0.15, 0.2) is 35.1 Å². The van der Waals surface area contributed by atoms with Gasteiger partial charge < -0.3 is 19.5 Å². The minimum atomic E-state index is -1.08. The number of alkyl halides is 1. The molecule has 0 unspecified atom stereocenters. The van der Waals surface area contributed by atoms with Crippen LogP contribution >= 0.6 is 0 Å². The fraction of sp³-hybridized carbons (Fsp3) is 0.333. The third-order valence-corrected chi connectivity index (χ3v) is 6.52. The van der Waals surface area contributed by atoms with E-state index in [4.69, 9.17) is 9.26 Å². The maximum atomic E-state index is 15.5. The van der Waals surface area contributed by atoms with Crippen LogP contribution in [0, 0.1) is 18.6 Å². The molecule has 1 saturated carbocycles. The molecule has 3 aromatic heterocycles. The number of pyridine rings is 1. The molecule has 0 bridgehead atoms. The lowest BCUT2D eigenvalue weighted by molar-refractivity contribution is 0.102. The third-order valence-electron chi connectivity index (χ3n) is 6.52. The number of carbonyl (C=O) groups excluding carboxylic acids is 1. The van der Waals surface area contributed by atoms with Gasteiger partial charge in [-0.3, -0.25) is 9.20 Å². The number of halogens is 3. The Morgan fingerprint density at radius 2 is 2.00 bits per heavy atom. The van der Waals surface area contributed by atoms with Crippen LogP contribution in [0.2, 0.25) is 0 Å². The number of benzene rings is 1. The van der Waals surface area contributed by atoms with Crippen molar-refractivity contribution in [2.45, 2.75) is 25.4 Å². The molecule has 4 heterocycles. The van der Waals surface area contributed by atoms with Crippen molar-refractivity contribution in [3.63, 3.8) is 0 Å². The fourth-order valence-electron chi connectivity index (χ4n) is 4.28. The lowest BCUT2D eigenvalue weighted by Crippen LogP contribution is -2.36. The summed E-state index contributed by atoms with van der Waals surface area (Å²) in [5, 5.41) is 6.14. The number of imidazole rings is 1. The molecule has 9 nitrogen and oxygen atoms in total. The van der Waals surface area contributed by atoms with Crippen LogP contribution < -0.4 is 10.2 Å². The van der Waals surface area contributed by atoms with E-state index in [2.05, 4.69) is 25.3 Å². The van der Waals surface area contributed by atoms with Crippen LogP contribution in [0.5, 0.6) is 0 Å². The Bertz CT molecular complexity index is 1480. The Kier molecular flexibility index (Phi) is 5.40. The topological polar surface area (TPSA) is 97.8 Å². The fourth-order valence-corrected chi connectivity index (χ4v) is 4.28. The summed E-state index contributed by atoms with van der Waals surface area (Å²) in [5.74, 6) is -3.08. The zero-order valence-electron chi connectivity index (χ0n) is 19.2. The minimum Gasteiger partial charge on any atom is -0.378 e. The van der Waals surface area contributed by atoms with Gasteiger partial charge in [0.05, 0.1) is 36.6 Å². The molecule has 0 radical (unpaired) electrons. The molecule has 36 heavy (non-hydrogen) atoms. The van der Waals surface area contributed by atoms with Gasteiger partial charge in [0.1, 0.15) is 23.3 Å². The zero-order valence-corrected chi connectivity index (χ0v) is 19.2. The summed E-state index contributed by atoms with van der Waals surface area (Å²) in [6, 6.07) is 4.64. The maximum Gasteiger partial charge on any atom is 0.274 e.